The average molecular weight is 483 g/mol. The Morgan fingerprint density at radius 3 is 2.43 bits per heavy atom. The van der Waals surface area contributed by atoms with Crippen LogP contribution in [0, 0.1) is 11.6 Å². The highest BCUT2D eigenvalue weighted by molar-refractivity contribution is 5.94. The maximum Gasteiger partial charge on any atom is 0.329 e. The van der Waals surface area contributed by atoms with Gasteiger partial charge in [0.15, 0.2) is 0 Å². The van der Waals surface area contributed by atoms with Crippen LogP contribution in [0.4, 0.5) is 8.78 Å². The first-order chi connectivity index (χ1) is 16.9. The molecule has 0 unspecified atom stereocenters. The maximum absolute atomic E-state index is 14.7. The molecule has 1 saturated heterocycles. The molecule has 0 spiro atoms. The van der Waals surface area contributed by atoms with Crippen molar-refractivity contribution >= 4 is 16.8 Å². The minimum absolute atomic E-state index is 0.0500. The fraction of sp³-hybridized carbons (Fsp3) is 0.423. The van der Waals surface area contributed by atoms with Gasteiger partial charge in [0.1, 0.15) is 11.6 Å². The van der Waals surface area contributed by atoms with Crippen LogP contribution in [0.1, 0.15) is 48.0 Å². The monoisotopic (exact) mass is 482 g/mol. The summed E-state index contributed by atoms with van der Waals surface area (Å²) in [6, 6.07) is 8.76. The van der Waals surface area contributed by atoms with E-state index < -0.39 is 22.9 Å². The zero-order chi connectivity index (χ0) is 24.5. The van der Waals surface area contributed by atoms with Crippen LogP contribution in [0.15, 0.2) is 46.0 Å². The van der Waals surface area contributed by atoms with Crippen LogP contribution in [0.25, 0.3) is 10.9 Å². The number of benzene rings is 2. The molecule has 1 aliphatic heterocycles. The van der Waals surface area contributed by atoms with Gasteiger partial charge in [0.05, 0.1) is 23.0 Å². The summed E-state index contributed by atoms with van der Waals surface area (Å²) in [7, 11) is 0. The zero-order valence-electron chi connectivity index (χ0n) is 19.4. The largest absolute Gasteiger partial charge is 0.336 e. The molecule has 35 heavy (non-hydrogen) atoms. The number of piperazine rings is 1. The summed E-state index contributed by atoms with van der Waals surface area (Å²) in [6.07, 6.45) is 6.20. The SMILES string of the molecule is O=C(c1cc(Cn2c(=O)[nH]c(=O)c3c(F)cccc32)ccc1F)N1CCN(C2CCCCC2)CC1. The summed E-state index contributed by atoms with van der Waals surface area (Å²) in [5, 5.41) is -0.221. The highest BCUT2D eigenvalue weighted by Gasteiger charge is 2.28. The minimum atomic E-state index is -0.804. The van der Waals surface area contributed by atoms with Crippen molar-refractivity contribution in [1.82, 2.24) is 19.4 Å². The number of fused-ring (bicyclic) bond motifs is 1. The standard InChI is InChI=1S/C26H28F2N4O3/c27-20-10-9-17(16-32-22-8-4-7-21(28)23(22)24(33)29-26(32)35)15-19(20)25(34)31-13-11-30(12-14-31)18-5-2-1-3-6-18/h4,7-10,15,18H,1-3,5-6,11-14,16H2,(H,29,33,35). The fourth-order valence-corrected chi connectivity index (χ4v) is 5.38. The molecule has 9 heteroatoms. The topological polar surface area (TPSA) is 78.4 Å². The van der Waals surface area contributed by atoms with Gasteiger partial charge in [0.25, 0.3) is 11.5 Å². The van der Waals surface area contributed by atoms with Crippen LogP contribution in [-0.2, 0) is 6.54 Å². The summed E-state index contributed by atoms with van der Waals surface area (Å²) in [6.45, 7) is 2.60. The predicted octanol–water partition coefficient (Wildman–Crippen LogP) is 3.11. The van der Waals surface area contributed by atoms with Crippen LogP contribution in [-0.4, -0.2) is 57.5 Å². The molecule has 1 N–H and O–H groups in total. The van der Waals surface area contributed by atoms with E-state index in [1.807, 2.05) is 0 Å². The number of halogens is 2. The van der Waals surface area contributed by atoms with Gasteiger partial charge >= 0.3 is 5.69 Å². The Labute approximate surface area is 201 Å². The Hall–Kier alpha value is -3.33. The van der Waals surface area contributed by atoms with Crippen LogP contribution in [0.2, 0.25) is 0 Å². The number of nitrogens with one attached hydrogen (secondary N) is 1. The summed E-state index contributed by atoms with van der Waals surface area (Å²) >= 11 is 0. The number of hydrogen-bond donors (Lipinski definition) is 1. The van der Waals surface area contributed by atoms with Crippen molar-refractivity contribution in [3.63, 3.8) is 0 Å². The van der Waals surface area contributed by atoms with Crippen molar-refractivity contribution < 1.29 is 13.6 Å². The van der Waals surface area contributed by atoms with E-state index in [9.17, 15) is 23.2 Å². The molecule has 1 saturated carbocycles. The van der Waals surface area contributed by atoms with Gasteiger partial charge in [0.2, 0.25) is 0 Å². The van der Waals surface area contributed by atoms with E-state index >= 15 is 0 Å². The average Bonchev–Trinajstić information content (AvgIpc) is 2.87. The number of hydrogen-bond acceptors (Lipinski definition) is 4. The molecule has 2 aromatic carbocycles. The lowest BCUT2D eigenvalue weighted by atomic mass is 9.94. The quantitative estimate of drug-likeness (QED) is 0.620. The third kappa shape index (κ3) is 4.65. The molecule has 2 fully saturated rings. The number of nitrogens with zero attached hydrogens (tertiary/aromatic N) is 3. The van der Waals surface area contributed by atoms with E-state index in [-0.39, 0.29) is 28.9 Å². The number of H-pyrrole nitrogens is 1. The molecule has 2 heterocycles. The Bertz CT molecular complexity index is 1370. The van der Waals surface area contributed by atoms with Gasteiger partial charge in [-0.2, -0.15) is 0 Å². The Kier molecular flexibility index (Phi) is 6.51. The van der Waals surface area contributed by atoms with Crippen LogP contribution >= 0.6 is 0 Å². The predicted molar refractivity (Wildman–Crippen MR) is 129 cm³/mol. The number of rotatable bonds is 4. The molecule has 0 atom stereocenters. The molecule has 0 bridgehead atoms. The van der Waals surface area contributed by atoms with E-state index in [2.05, 4.69) is 9.88 Å². The van der Waals surface area contributed by atoms with E-state index in [0.717, 1.165) is 19.2 Å². The molecular weight excluding hydrogens is 454 g/mol. The van der Waals surface area contributed by atoms with E-state index in [1.54, 1.807) is 4.90 Å². The van der Waals surface area contributed by atoms with Crippen molar-refractivity contribution in [2.45, 2.75) is 44.7 Å². The van der Waals surface area contributed by atoms with Crippen molar-refractivity contribution in [2.75, 3.05) is 26.2 Å². The molecule has 184 valence electrons. The highest BCUT2D eigenvalue weighted by Crippen LogP contribution is 2.24. The van der Waals surface area contributed by atoms with E-state index in [1.165, 1.54) is 67.0 Å². The Morgan fingerprint density at radius 2 is 1.69 bits per heavy atom. The van der Waals surface area contributed by atoms with Crippen LogP contribution < -0.4 is 11.2 Å². The van der Waals surface area contributed by atoms with Gasteiger partial charge < -0.3 is 4.90 Å². The molecule has 3 aromatic rings. The van der Waals surface area contributed by atoms with Crippen molar-refractivity contribution in [1.29, 1.82) is 0 Å². The Balaban J connectivity index is 1.36. The first-order valence-electron chi connectivity index (χ1n) is 12.2. The Morgan fingerprint density at radius 1 is 0.943 bits per heavy atom. The summed E-state index contributed by atoms with van der Waals surface area (Å²) < 4.78 is 30.1. The van der Waals surface area contributed by atoms with E-state index in [4.69, 9.17) is 0 Å². The first-order valence-corrected chi connectivity index (χ1v) is 12.2. The lowest BCUT2D eigenvalue weighted by Gasteiger charge is -2.40. The molecule has 1 aromatic heterocycles. The fourth-order valence-electron chi connectivity index (χ4n) is 5.38. The second kappa shape index (κ2) is 9.73. The summed E-state index contributed by atoms with van der Waals surface area (Å²) in [4.78, 5) is 44.0. The van der Waals surface area contributed by atoms with Crippen molar-refractivity contribution in [3.05, 3.63) is 80.0 Å². The summed E-state index contributed by atoms with van der Waals surface area (Å²) in [5.41, 5.74) is -0.933. The smallest absolute Gasteiger partial charge is 0.329 e. The van der Waals surface area contributed by atoms with Crippen LogP contribution in [0.5, 0.6) is 0 Å². The molecule has 2 aliphatic rings. The molecule has 1 aliphatic carbocycles. The maximum atomic E-state index is 14.7. The zero-order valence-corrected chi connectivity index (χ0v) is 19.4. The van der Waals surface area contributed by atoms with Gasteiger partial charge in [-0.05, 0) is 42.7 Å². The van der Waals surface area contributed by atoms with Gasteiger partial charge in [-0.1, -0.05) is 31.4 Å². The van der Waals surface area contributed by atoms with Crippen LogP contribution in [0.3, 0.4) is 0 Å². The summed E-state index contributed by atoms with van der Waals surface area (Å²) in [5.74, 6) is -1.74. The highest BCUT2D eigenvalue weighted by atomic mass is 19.1. The van der Waals surface area contributed by atoms with Crippen molar-refractivity contribution in [3.8, 4) is 0 Å². The number of aromatic nitrogens is 2. The molecular formula is C26H28F2N4O3. The molecule has 0 radical (unpaired) electrons. The second-order valence-electron chi connectivity index (χ2n) is 9.41. The number of aromatic amines is 1. The van der Waals surface area contributed by atoms with Gasteiger partial charge in [0, 0.05) is 32.2 Å². The number of amides is 1. The second-order valence-corrected chi connectivity index (χ2v) is 9.41. The lowest BCUT2D eigenvalue weighted by molar-refractivity contribution is 0.0519. The van der Waals surface area contributed by atoms with Gasteiger partial charge in [-0.25, -0.2) is 13.6 Å². The lowest BCUT2D eigenvalue weighted by Crippen LogP contribution is -2.52. The minimum Gasteiger partial charge on any atom is -0.336 e. The number of carbonyl (C=O) groups is 1. The molecule has 5 rings (SSSR count). The van der Waals surface area contributed by atoms with Gasteiger partial charge in [-0.15, -0.1) is 0 Å². The van der Waals surface area contributed by atoms with Gasteiger partial charge in [-0.3, -0.25) is 24.0 Å². The molecule has 1 amide bonds. The van der Waals surface area contributed by atoms with Crippen molar-refractivity contribution in [2.24, 2.45) is 0 Å². The van der Waals surface area contributed by atoms with E-state index in [0.29, 0.717) is 24.7 Å². The number of carbonyl (C=O) groups excluding carboxylic acids is 1. The normalized spacial score (nSPS) is 17.7. The first kappa shape index (κ1) is 23.4. The molecule has 7 nitrogen and oxygen atoms in total. The third-order valence-corrected chi connectivity index (χ3v) is 7.27. The third-order valence-electron chi connectivity index (χ3n) is 7.27.